The van der Waals surface area contributed by atoms with Crippen LogP contribution >= 0.6 is 0 Å². The van der Waals surface area contributed by atoms with Gasteiger partial charge in [-0.2, -0.15) is 0 Å². The first kappa shape index (κ1) is 6.68. The molecule has 2 heteroatoms. The highest BCUT2D eigenvalue weighted by Crippen LogP contribution is 2.16. The van der Waals surface area contributed by atoms with Crippen LogP contribution in [0.1, 0.15) is 5.56 Å². The third-order valence-electron chi connectivity index (χ3n) is 1.77. The molecular weight excluding hydrogens is 136 g/mol. The fourth-order valence-electron chi connectivity index (χ4n) is 1.20. The van der Waals surface area contributed by atoms with Crippen LogP contribution in [0.25, 0.3) is 0 Å². The van der Waals surface area contributed by atoms with Crippen molar-refractivity contribution >= 4 is 5.69 Å². The van der Waals surface area contributed by atoms with Gasteiger partial charge in [-0.3, -0.25) is 0 Å². The Morgan fingerprint density at radius 3 is 3.18 bits per heavy atom. The van der Waals surface area contributed by atoms with Gasteiger partial charge in [0.15, 0.2) is 0 Å². The Bertz CT molecular complexity index is 220. The van der Waals surface area contributed by atoms with Crippen LogP contribution in [-0.2, 0) is 6.54 Å². The lowest BCUT2D eigenvalue weighted by atomic mass is 10.2. The van der Waals surface area contributed by atoms with Crippen molar-refractivity contribution < 1.29 is 0 Å². The molecule has 1 aromatic carbocycles. The van der Waals surface area contributed by atoms with Crippen LogP contribution in [0.5, 0.6) is 0 Å². The zero-order valence-corrected chi connectivity index (χ0v) is 6.22. The summed E-state index contributed by atoms with van der Waals surface area (Å²) in [6.07, 6.45) is 0. The van der Waals surface area contributed by atoms with Gasteiger partial charge < -0.3 is 10.6 Å². The molecule has 1 aromatic rings. The van der Waals surface area contributed by atoms with E-state index < -0.39 is 0 Å². The summed E-state index contributed by atoms with van der Waals surface area (Å²) < 4.78 is 0. The first-order valence-electron chi connectivity index (χ1n) is 3.74. The summed E-state index contributed by atoms with van der Waals surface area (Å²) in [5.41, 5.74) is 2.47. The Hall–Kier alpha value is -1.02. The molecule has 0 aliphatic carbocycles. The highest BCUT2D eigenvalue weighted by Gasteiger charge is 2.04. The maximum absolute atomic E-state index is 3.23. The summed E-state index contributed by atoms with van der Waals surface area (Å²) in [5, 5.41) is 6.34. The standard InChI is InChI=1S/C9H10N2/c1-2-4-9-8(3-1)7-10-5-6-11-9/h1-4,10-11H,5,7H2. The third-order valence-corrected chi connectivity index (χ3v) is 1.77. The summed E-state index contributed by atoms with van der Waals surface area (Å²) in [4.78, 5) is 0. The van der Waals surface area contributed by atoms with Gasteiger partial charge in [0.25, 0.3) is 0 Å². The van der Waals surface area contributed by atoms with E-state index >= 15 is 0 Å². The van der Waals surface area contributed by atoms with E-state index in [4.69, 9.17) is 0 Å². The van der Waals surface area contributed by atoms with Gasteiger partial charge in [-0.25, -0.2) is 0 Å². The number of nitrogens with one attached hydrogen (secondary N) is 2. The lowest BCUT2D eigenvalue weighted by molar-refractivity contribution is 0.754. The van der Waals surface area contributed by atoms with E-state index in [1.165, 1.54) is 5.56 Å². The molecule has 0 aromatic heterocycles. The van der Waals surface area contributed by atoms with Crippen molar-refractivity contribution in [1.29, 1.82) is 0 Å². The van der Waals surface area contributed by atoms with Crippen LogP contribution < -0.4 is 10.6 Å². The van der Waals surface area contributed by atoms with Crippen LogP contribution in [0, 0.1) is 6.54 Å². The SMILES string of the molecule is [C]1CNCc2ccccc2N1. The van der Waals surface area contributed by atoms with Crippen LogP contribution in [-0.4, -0.2) is 6.54 Å². The minimum absolute atomic E-state index is 0.800. The first-order chi connectivity index (χ1) is 5.47. The van der Waals surface area contributed by atoms with E-state index in [1.54, 1.807) is 0 Å². The zero-order valence-electron chi connectivity index (χ0n) is 6.22. The molecule has 2 rings (SSSR count). The largest absolute Gasteiger partial charge is 0.373 e. The molecule has 0 spiro atoms. The van der Waals surface area contributed by atoms with Crippen molar-refractivity contribution in [2.75, 3.05) is 11.9 Å². The Labute approximate surface area is 66.6 Å². The Morgan fingerprint density at radius 1 is 1.27 bits per heavy atom. The van der Waals surface area contributed by atoms with Crippen LogP contribution in [0.2, 0.25) is 0 Å². The molecule has 11 heavy (non-hydrogen) atoms. The van der Waals surface area contributed by atoms with Gasteiger partial charge in [0.05, 0.1) is 0 Å². The second kappa shape index (κ2) is 2.93. The molecule has 0 fully saturated rings. The van der Waals surface area contributed by atoms with Crippen molar-refractivity contribution in [3.8, 4) is 0 Å². The van der Waals surface area contributed by atoms with Gasteiger partial charge >= 0.3 is 0 Å². The van der Waals surface area contributed by atoms with Gasteiger partial charge in [0.2, 0.25) is 0 Å². The normalized spacial score (nSPS) is 16.4. The third kappa shape index (κ3) is 1.35. The molecule has 0 atom stereocenters. The Kier molecular flexibility index (Phi) is 1.78. The molecule has 1 heterocycles. The number of hydrogen-bond acceptors (Lipinski definition) is 2. The molecule has 2 radical (unpaired) electrons. The fourth-order valence-corrected chi connectivity index (χ4v) is 1.20. The summed E-state index contributed by atoms with van der Waals surface area (Å²) in [7, 11) is 0. The van der Waals surface area contributed by atoms with Crippen LogP contribution in [0.15, 0.2) is 24.3 Å². The maximum Gasteiger partial charge on any atom is 0.103 e. The van der Waals surface area contributed by atoms with Crippen molar-refractivity contribution in [3.63, 3.8) is 0 Å². The maximum atomic E-state index is 3.23. The van der Waals surface area contributed by atoms with E-state index in [9.17, 15) is 0 Å². The predicted molar refractivity (Wildman–Crippen MR) is 45.0 cm³/mol. The second-order valence-corrected chi connectivity index (χ2v) is 2.56. The number of hydrogen-bond donors (Lipinski definition) is 2. The number of benzene rings is 1. The van der Waals surface area contributed by atoms with E-state index in [0.717, 1.165) is 18.8 Å². The molecule has 2 nitrogen and oxygen atoms in total. The number of rotatable bonds is 0. The molecule has 1 aliphatic rings. The number of para-hydroxylation sites is 1. The van der Waals surface area contributed by atoms with E-state index in [2.05, 4.69) is 29.3 Å². The predicted octanol–water partition coefficient (Wildman–Crippen LogP) is 1.24. The second-order valence-electron chi connectivity index (χ2n) is 2.56. The van der Waals surface area contributed by atoms with Gasteiger partial charge in [-0.15, -0.1) is 0 Å². The average Bonchev–Trinajstić information content (AvgIpc) is 2.28. The van der Waals surface area contributed by atoms with Gasteiger partial charge in [0, 0.05) is 18.8 Å². The fraction of sp³-hybridized carbons (Fsp3) is 0.222. The van der Waals surface area contributed by atoms with Crippen molar-refractivity contribution in [2.45, 2.75) is 6.54 Å². The average molecular weight is 146 g/mol. The van der Waals surface area contributed by atoms with Crippen molar-refractivity contribution in [1.82, 2.24) is 5.32 Å². The monoisotopic (exact) mass is 146 g/mol. The van der Waals surface area contributed by atoms with Crippen molar-refractivity contribution in [3.05, 3.63) is 36.4 Å². The first-order valence-corrected chi connectivity index (χ1v) is 3.74. The quantitative estimate of drug-likeness (QED) is 0.575. The van der Waals surface area contributed by atoms with Gasteiger partial charge in [-0.05, 0) is 11.6 Å². The number of fused-ring (bicyclic) bond motifs is 1. The molecule has 0 unspecified atom stereocenters. The minimum atomic E-state index is 0.800. The molecule has 56 valence electrons. The van der Waals surface area contributed by atoms with Crippen LogP contribution in [0.3, 0.4) is 0 Å². The Balaban J connectivity index is 2.33. The highest BCUT2D eigenvalue weighted by molar-refractivity contribution is 5.52. The van der Waals surface area contributed by atoms with Gasteiger partial charge in [-0.1, -0.05) is 18.2 Å². The summed E-state index contributed by atoms with van der Waals surface area (Å²) in [5.74, 6) is 0. The van der Waals surface area contributed by atoms with E-state index in [-0.39, 0.29) is 0 Å². The smallest absolute Gasteiger partial charge is 0.103 e. The Morgan fingerprint density at radius 2 is 2.18 bits per heavy atom. The molecule has 1 aliphatic heterocycles. The van der Waals surface area contributed by atoms with E-state index in [1.807, 2.05) is 12.1 Å². The highest BCUT2D eigenvalue weighted by atomic mass is 15.0. The summed E-state index contributed by atoms with van der Waals surface area (Å²) in [6, 6.07) is 8.25. The molecule has 0 bridgehead atoms. The molecular formula is C9H10N2. The molecule has 2 N–H and O–H groups in total. The van der Waals surface area contributed by atoms with E-state index in [0.29, 0.717) is 0 Å². The lowest BCUT2D eigenvalue weighted by Crippen LogP contribution is -2.13. The summed E-state index contributed by atoms with van der Waals surface area (Å²) >= 11 is 0. The summed E-state index contributed by atoms with van der Waals surface area (Å²) in [6.45, 7) is 4.77. The molecule has 0 amide bonds. The number of anilines is 1. The lowest BCUT2D eigenvalue weighted by Gasteiger charge is -2.03. The topological polar surface area (TPSA) is 24.1 Å². The zero-order chi connectivity index (χ0) is 7.52. The minimum Gasteiger partial charge on any atom is -0.373 e. The molecule has 0 saturated carbocycles. The van der Waals surface area contributed by atoms with Gasteiger partial charge in [0.1, 0.15) is 6.54 Å². The molecule has 0 saturated heterocycles. The van der Waals surface area contributed by atoms with Crippen LogP contribution in [0.4, 0.5) is 5.69 Å². The van der Waals surface area contributed by atoms with Crippen molar-refractivity contribution in [2.24, 2.45) is 0 Å².